The molecule has 5 heteroatoms. The second-order valence-electron chi connectivity index (χ2n) is 15.8. The summed E-state index contributed by atoms with van der Waals surface area (Å²) >= 11 is 0. The summed E-state index contributed by atoms with van der Waals surface area (Å²) in [6, 6.07) is 42.3. The van der Waals surface area contributed by atoms with E-state index in [-0.39, 0.29) is 25.5 Å². The van der Waals surface area contributed by atoms with E-state index in [4.69, 9.17) is 9.40 Å². The van der Waals surface area contributed by atoms with Crippen LogP contribution in [0.15, 0.2) is 120 Å². The number of aromatic nitrogens is 2. The Bertz CT molecular complexity index is 2230. The zero-order valence-electron chi connectivity index (χ0n) is 31.1. The Morgan fingerprint density at radius 3 is 2.16 bits per heavy atom. The molecule has 7 aromatic rings. The van der Waals surface area contributed by atoms with Crippen LogP contribution in [0.4, 0.5) is 0 Å². The summed E-state index contributed by atoms with van der Waals surface area (Å²) < 4.78 is 6.11. The second-order valence-corrected chi connectivity index (χ2v) is 20.8. The van der Waals surface area contributed by atoms with Gasteiger partial charge in [0.05, 0.1) is 13.7 Å². The molecule has 1 radical (unpaired) electrons. The Kier molecular flexibility index (Phi) is 12.0. The van der Waals surface area contributed by atoms with Gasteiger partial charge in [0, 0.05) is 37.9 Å². The molecule has 0 aliphatic carbocycles. The van der Waals surface area contributed by atoms with Gasteiger partial charge in [-0.05, 0) is 52.9 Å². The number of furan rings is 1. The van der Waals surface area contributed by atoms with Crippen LogP contribution in [0.25, 0.3) is 44.5 Å². The molecule has 0 fully saturated rings. The van der Waals surface area contributed by atoms with E-state index in [1.54, 1.807) is 0 Å². The largest absolute Gasteiger partial charge is 0.501 e. The minimum absolute atomic E-state index is 0. The maximum absolute atomic E-state index is 6.11. The third kappa shape index (κ3) is 9.21. The van der Waals surface area contributed by atoms with Crippen LogP contribution in [0.1, 0.15) is 62.8 Å². The summed E-state index contributed by atoms with van der Waals surface area (Å²) in [5.41, 5.74) is 11.3. The average molecular weight is 865 g/mol. The van der Waals surface area contributed by atoms with Crippen molar-refractivity contribution >= 4 is 35.2 Å². The molecule has 7 rings (SSSR count). The molecular formula is C46H48IrN2OSi-2. The molecule has 0 N–H and O–H groups in total. The molecule has 0 amide bonds. The Morgan fingerprint density at radius 2 is 1.43 bits per heavy atom. The first kappa shape index (κ1) is 38.1. The zero-order valence-corrected chi connectivity index (χ0v) is 34.5. The van der Waals surface area contributed by atoms with Crippen molar-refractivity contribution in [2.75, 3.05) is 0 Å². The molecule has 0 saturated carbocycles. The maximum atomic E-state index is 6.11. The van der Waals surface area contributed by atoms with Crippen molar-refractivity contribution in [3.05, 3.63) is 150 Å². The van der Waals surface area contributed by atoms with Crippen molar-refractivity contribution in [2.45, 2.75) is 73.0 Å². The Hall–Kier alpha value is -4.15. The topological polar surface area (TPSA) is 38.9 Å². The van der Waals surface area contributed by atoms with Gasteiger partial charge in [-0.25, -0.2) is 0 Å². The van der Waals surface area contributed by atoms with E-state index < -0.39 is 8.07 Å². The number of rotatable bonds is 7. The number of hydrogen-bond donors (Lipinski definition) is 0. The third-order valence-electron chi connectivity index (χ3n) is 8.96. The van der Waals surface area contributed by atoms with Crippen LogP contribution in [0.5, 0.6) is 0 Å². The van der Waals surface area contributed by atoms with E-state index in [1.807, 2.05) is 36.5 Å². The van der Waals surface area contributed by atoms with Crippen molar-refractivity contribution in [3.63, 3.8) is 0 Å². The minimum Gasteiger partial charge on any atom is -0.501 e. The van der Waals surface area contributed by atoms with Crippen molar-refractivity contribution in [2.24, 2.45) is 5.41 Å². The molecule has 4 aromatic carbocycles. The monoisotopic (exact) mass is 865 g/mol. The molecule has 51 heavy (non-hydrogen) atoms. The normalized spacial score (nSPS) is 11.7. The van der Waals surface area contributed by atoms with Gasteiger partial charge in [0.15, 0.2) is 0 Å². The molecule has 0 aliphatic heterocycles. The Morgan fingerprint density at radius 1 is 0.725 bits per heavy atom. The number of fused-ring (bicyclic) bond motifs is 3. The number of pyridine rings is 2. The van der Waals surface area contributed by atoms with Crippen molar-refractivity contribution < 1.29 is 24.5 Å². The van der Waals surface area contributed by atoms with Gasteiger partial charge in [-0.15, -0.1) is 53.6 Å². The summed E-state index contributed by atoms with van der Waals surface area (Å²) in [6.07, 6.45) is 5.93. The van der Waals surface area contributed by atoms with Crippen LogP contribution in [0, 0.1) is 17.5 Å². The first-order chi connectivity index (χ1) is 23.9. The van der Waals surface area contributed by atoms with E-state index in [2.05, 4.69) is 150 Å². The molecule has 263 valence electrons. The molecule has 0 atom stereocenters. The SMILES string of the molecule is CC(C)(C)Cc1ccnc(-c2[c-]ccc3c2oc2ccccc23)c1.CC(C)c1cc(-c2[c-]cccc2Cc2ccccc2)ncc1[Si](C)(C)C.[Ir]. The van der Waals surface area contributed by atoms with E-state index >= 15 is 0 Å². The predicted octanol–water partition coefficient (Wildman–Crippen LogP) is 11.8. The third-order valence-corrected chi connectivity index (χ3v) is 11.0. The molecule has 0 spiro atoms. The molecular weight excluding hydrogens is 817 g/mol. The Labute approximate surface area is 319 Å². The molecule has 0 bridgehead atoms. The maximum Gasteiger partial charge on any atom is 0.120 e. The first-order valence-electron chi connectivity index (χ1n) is 17.7. The molecule has 0 aliphatic rings. The van der Waals surface area contributed by atoms with Gasteiger partial charge < -0.3 is 14.4 Å². The summed E-state index contributed by atoms with van der Waals surface area (Å²) in [5.74, 6) is 0.500. The summed E-state index contributed by atoms with van der Waals surface area (Å²) in [7, 11) is -1.41. The van der Waals surface area contributed by atoms with Gasteiger partial charge in [-0.2, -0.15) is 0 Å². The standard InChI is InChI=1S/C24H28NSi.C22H20NO.Ir/c1-18(2)22-16-23(25-17-24(22)26(3,4)5)21-14-10-9-13-20(21)15-19-11-7-6-8-12-19;1-22(2,3)14-15-11-12-23-19(13-15)18-9-6-8-17-16-7-4-5-10-20(16)24-21(17)18;/h6-13,16-18H,15H2,1-5H3;4-8,10-13H,14H2,1-3H3;/q2*-1;. The first-order valence-corrected chi connectivity index (χ1v) is 21.2. The fourth-order valence-electron chi connectivity index (χ4n) is 6.60. The van der Waals surface area contributed by atoms with E-state index in [9.17, 15) is 0 Å². The average Bonchev–Trinajstić information content (AvgIpc) is 3.47. The van der Waals surface area contributed by atoms with Crippen LogP contribution in [-0.4, -0.2) is 18.0 Å². The number of nitrogens with zero attached hydrogens (tertiary/aromatic N) is 2. The van der Waals surface area contributed by atoms with Crippen molar-refractivity contribution in [3.8, 4) is 22.5 Å². The zero-order chi connectivity index (χ0) is 35.5. The molecule has 0 unspecified atom stereocenters. The van der Waals surface area contributed by atoms with Crippen LogP contribution in [0.2, 0.25) is 19.6 Å². The summed E-state index contributed by atoms with van der Waals surface area (Å²) in [6.45, 7) is 18.5. The van der Waals surface area contributed by atoms with Crippen LogP contribution >= 0.6 is 0 Å². The number of hydrogen-bond acceptors (Lipinski definition) is 3. The fourth-order valence-corrected chi connectivity index (χ4v) is 8.28. The van der Waals surface area contributed by atoms with Crippen molar-refractivity contribution in [1.29, 1.82) is 0 Å². The van der Waals surface area contributed by atoms with E-state index in [1.165, 1.54) is 27.4 Å². The van der Waals surface area contributed by atoms with Crippen LogP contribution < -0.4 is 5.19 Å². The van der Waals surface area contributed by atoms with Gasteiger partial charge in [-0.3, -0.25) is 0 Å². The molecule has 3 nitrogen and oxygen atoms in total. The van der Waals surface area contributed by atoms with Crippen LogP contribution in [-0.2, 0) is 32.9 Å². The van der Waals surface area contributed by atoms with Gasteiger partial charge >= 0.3 is 0 Å². The summed E-state index contributed by atoms with van der Waals surface area (Å²) in [5, 5.41) is 3.72. The van der Waals surface area contributed by atoms with Gasteiger partial charge in [0.1, 0.15) is 5.58 Å². The second kappa shape index (κ2) is 16.0. The number of benzene rings is 4. The van der Waals surface area contributed by atoms with Crippen LogP contribution in [0.3, 0.4) is 0 Å². The minimum atomic E-state index is -1.41. The van der Waals surface area contributed by atoms with Gasteiger partial charge in [0.25, 0.3) is 0 Å². The quantitative estimate of drug-likeness (QED) is 0.118. The van der Waals surface area contributed by atoms with E-state index in [0.29, 0.717) is 5.92 Å². The molecule has 3 heterocycles. The smallest absolute Gasteiger partial charge is 0.120 e. The molecule has 0 saturated heterocycles. The predicted molar refractivity (Wildman–Crippen MR) is 214 cm³/mol. The van der Waals surface area contributed by atoms with E-state index in [0.717, 1.165) is 57.3 Å². The number of para-hydroxylation sites is 1. The Balaban J connectivity index is 0.000000194. The van der Waals surface area contributed by atoms with Gasteiger partial charge in [-0.1, -0.05) is 143 Å². The summed E-state index contributed by atoms with van der Waals surface area (Å²) in [4.78, 5) is 9.43. The van der Waals surface area contributed by atoms with Crippen molar-refractivity contribution in [1.82, 2.24) is 9.97 Å². The fraction of sp³-hybridized carbons (Fsp3) is 0.261. The molecule has 3 aromatic heterocycles. The van der Waals surface area contributed by atoms with Gasteiger partial charge in [0.2, 0.25) is 0 Å².